The zero-order chi connectivity index (χ0) is 15.4. The molecule has 21 heavy (non-hydrogen) atoms. The molecule has 1 aliphatic heterocycles. The summed E-state index contributed by atoms with van der Waals surface area (Å²) in [6.07, 6.45) is 1.75. The molecule has 0 fully saturated rings. The van der Waals surface area contributed by atoms with Crippen molar-refractivity contribution in [2.45, 2.75) is 46.2 Å². The van der Waals surface area contributed by atoms with Crippen LogP contribution < -0.4 is 0 Å². The Morgan fingerprint density at radius 2 is 1.95 bits per heavy atom. The lowest BCUT2D eigenvalue weighted by molar-refractivity contribution is -0.141. The predicted octanol–water partition coefficient (Wildman–Crippen LogP) is 2.22. The van der Waals surface area contributed by atoms with Crippen molar-refractivity contribution in [3.63, 3.8) is 0 Å². The predicted molar refractivity (Wildman–Crippen MR) is 82.7 cm³/mol. The first kappa shape index (κ1) is 15.5. The van der Waals surface area contributed by atoms with Crippen LogP contribution in [0, 0.1) is 0 Å². The van der Waals surface area contributed by atoms with E-state index >= 15 is 0 Å². The monoisotopic (exact) mass is 288 g/mol. The molecule has 1 atom stereocenters. The van der Waals surface area contributed by atoms with E-state index < -0.39 is 0 Å². The van der Waals surface area contributed by atoms with Gasteiger partial charge in [0.2, 0.25) is 11.8 Å². The number of nitrogens with zero attached hydrogens (tertiary/aromatic N) is 2. The van der Waals surface area contributed by atoms with Gasteiger partial charge >= 0.3 is 0 Å². The number of hydrogen-bond acceptors (Lipinski definition) is 2. The smallest absolute Gasteiger partial charge is 0.242 e. The van der Waals surface area contributed by atoms with Crippen molar-refractivity contribution in [2.24, 2.45) is 0 Å². The Labute approximate surface area is 126 Å². The first-order valence-electron chi connectivity index (χ1n) is 7.64. The minimum absolute atomic E-state index is 0.0323. The third-order valence-corrected chi connectivity index (χ3v) is 4.32. The van der Waals surface area contributed by atoms with Gasteiger partial charge in [-0.15, -0.1) is 0 Å². The highest BCUT2D eigenvalue weighted by atomic mass is 16.2. The SMILES string of the molecule is CCC(C)N(CC(=O)N1CCc2ccccc2C1)C(C)=O. The number of carbonyl (C=O) groups excluding carboxylic acids is 2. The van der Waals surface area contributed by atoms with Crippen molar-refractivity contribution in [3.8, 4) is 0 Å². The van der Waals surface area contributed by atoms with E-state index in [4.69, 9.17) is 0 Å². The van der Waals surface area contributed by atoms with Gasteiger partial charge < -0.3 is 9.80 Å². The van der Waals surface area contributed by atoms with E-state index in [1.807, 2.05) is 30.9 Å². The summed E-state index contributed by atoms with van der Waals surface area (Å²) >= 11 is 0. The normalized spacial score (nSPS) is 15.3. The lowest BCUT2D eigenvalue weighted by Crippen LogP contribution is -2.46. The first-order chi connectivity index (χ1) is 10.0. The van der Waals surface area contributed by atoms with E-state index in [-0.39, 0.29) is 24.4 Å². The van der Waals surface area contributed by atoms with E-state index in [2.05, 4.69) is 12.1 Å². The molecule has 4 heteroatoms. The van der Waals surface area contributed by atoms with Gasteiger partial charge in [-0.2, -0.15) is 0 Å². The molecule has 0 saturated heterocycles. The van der Waals surface area contributed by atoms with Gasteiger partial charge in [0.15, 0.2) is 0 Å². The van der Waals surface area contributed by atoms with Crippen molar-refractivity contribution in [1.82, 2.24) is 9.80 Å². The second-order valence-electron chi connectivity index (χ2n) is 5.74. The van der Waals surface area contributed by atoms with Gasteiger partial charge in [0, 0.05) is 26.1 Å². The third-order valence-electron chi connectivity index (χ3n) is 4.32. The molecule has 0 N–H and O–H groups in total. The fourth-order valence-electron chi connectivity index (χ4n) is 2.75. The summed E-state index contributed by atoms with van der Waals surface area (Å²) in [5, 5.41) is 0. The Hall–Kier alpha value is -1.84. The van der Waals surface area contributed by atoms with Crippen molar-refractivity contribution in [2.75, 3.05) is 13.1 Å². The van der Waals surface area contributed by atoms with Crippen LogP contribution in [0.25, 0.3) is 0 Å². The molecule has 4 nitrogen and oxygen atoms in total. The summed E-state index contributed by atoms with van der Waals surface area (Å²) in [6, 6.07) is 8.35. The van der Waals surface area contributed by atoms with Gasteiger partial charge in [-0.3, -0.25) is 9.59 Å². The maximum Gasteiger partial charge on any atom is 0.242 e. The van der Waals surface area contributed by atoms with Gasteiger partial charge in [0.25, 0.3) is 0 Å². The second kappa shape index (κ2) is 6.74. The maximum absolute atomic E-state index is 12.5. The lowest BCUT2D eigenvalue weighted by atomic mass is 10.00. The largest absolute Gasteiger partial charge is 0.336 e. The molecule has 0 aromatic heterocycles. The Balaban J connectivity index is 2.03. The summed E-state index contributed by atoms with van der Waals surface area (Å²) < 4.78 is 0. The summed E-state index contributed by atoms with van der Waals surface area (Å²) in [7, 11) is 0. The Morgan fingerprint density at radius 1 is 1.29 bits per heavy atom. The number of amides is 2. The molecule has 0 saturated carbocycles. The Bertz CT molecular complexity index is 527. The zero-order valence-electron chi connectivity index (χ0n) is 13.1. The molecule has 1 aliphatic rings. The minimum atomic E-state index is -0.0323. The second-order valence-corrected chi connectivity index (χ2v) is 5.74. The average Bonchev–Trinajstić information content (AvgIpc) is 2.50. The van der Waals surface area contributed by atoms with E-state index in [1.54, 1.807) is 4.90 Å². The molecule has 1 aromatic rings. The first-order valence-corrected chi connectivity index (χ1v) is 7.64. The topological polar surface area (TPSA) is 40.6 Å². The molecule has 1 aromatic carbocycles. The number of carbonyl (C=O) groups is 2. The summed E-state index contributed by atoms with van der Waals surface area (Å²) in [5.74, 6) is 0.00936. The van der Waals surface area contributed by atoms with Gasteiger partial charge in [0.1, 0.15) is 0 Å². The highest BCUT2D eigenvalue weighted by molar-refractivity contribution is 5.84. The fraction of sp³-hybridized carbons (Fsp3) is 0.529. The molecule has 2 rings (SSSR count). The fourth-order valence-corrected chi connectivity index (χ4v) is 2.75. The van der Waals surface area contributed by atoms with Crippen LogP contribution in [0.15, 0.2) is 24.3 Å². The van der Waals surface area contributed by atoms with Crippen LogP contribution >= 0.6 is 0 Å². The molecule has 1 unspecified atom stereocenters. The van der Waals surface area contributed by atoms with Gasteiger partial charge in [-0.05, 0) is 30.9 Å². The molecule has 2 amide bonds. The molecule has 0 bridgehead atoms. The Kier molecular flexibility index (Phi) is 4.99. The quantitative estimate of drug-likeness (QED) is 0.852. The van der Waals surface area contributed by atoms with E-state index in [1.165, 1.54) is 18.1 Å². The van der Waals surface area contributed by atoms with Crippen molar-refractivity contribution >= 4 is 11.8 Å². The van der Waals surface area contributed by atoms with Gasteiger partial charge in [0.05, 0.1) is 6.54 Å². The van der Waals surface area contributed by atoms with Crippen LogP contribution in [0.2, 0.25) is 0 Å². The number of hydrogen-bond donors (Lipinski definition) is 0. The standard InChI is InChI=1S/C17H24N2O2/c1-4-13(2)19(14(3)20)12-17(21)18-10-9-15-7-5-6-8-16(15)11-18/h5-8,13H,4,9-12H2,1-3H3. The highest BCUT2D eigenvalue weighted by Gasteiger charge is 2.24. The van der Waals surface area contributed by atoms with E-state index in [9.17, 15) is 9.59 Å². The molecule has 114 valence electrons. The molecular weight excluding hydrogens is 264 g/mol. The summed E-state index contributed by atoms with van der Waals surface area (Å²) in [6.45, 7) is 7.13. The molecule has 1 heterocycles. The number of benzene rings is 1. The highest BCUT2D eigenvalue weighted by Crippen LogP contribution is 2.19. The maximum atomic E-state index is 12.5. The van der Waals surface area contributed by atoms with Crippen LogP contribution in [0.1, 0.15) is 38.3 Å². The Morgan fingerprint density at radius 3 is 2.57 bits per heavy atom. The van der Waals surface area contributed by atoms with Gasteiger partial charge in [-0.1, -0.05) is 31.2 Å². The number of rotatable bonds is 4. The minimum Gasteiger partial charge on any atom is -0.336 e. The van der Waals surface area contributed by atoms with Crippen molar-refractivity contribution in [1.29, 1.82) is 0 Å². The third kappa shape index (κ3) is 3.63. The van der Waals surface area contributed by atoms with Crippen molar-refractivity contribution in [3.05, 3.63) is 35.4 Å². The molecule has 0 aliphatic carbocycles. The average molecular weight is 288 g/mol. The zero-order valence-corrected chi connectivity index (χ0v) is 13.1. The van der Waals surface area contributed by atoms with Crippen LogP contribution in [0.3, 0.4) is 0 Å². The molecule has 0 spiro atoms. The lowest BCUT2D eigenvalue weighted by Gasteiger charge is -2.33. The molecule has 0 radical (unpaired) electrons. The number of fused-ring (bicyclic) bond motifs is 1. The van der Waals surface area contributed by atoms with Crippen LogP contribution in [0.4, 0.5) is 0 Å². The molecular formula is C17H24N2O2. The van der Waals surface area contributed by atoms with Crippen LogP contribution in [0.5, 0.6) is 0 Å². The van der Waals surface area contributed by atoms with Gasteiger partial charge in [-0.25, -0.2) is 0 Å². The van der Waals surface area contributed by atoms with E-state index in [0.29, 0.717) is 6.54 Å². The van der Waals surface area contributed by atoms with E-state index in [0.717, 1.165) is 19.4 Å². The van der Waals surface area contributed by atoms with Crippen molar-refractivity contribution < 1.29 is 9.59 Å². The van der Waals surface area contributed by atoms with Crippen LogP contribution in [-0.2, 0) is 22.6 Å². The summed E-state index contributed by atoms with van der Waals surface area (Å²) in [5.41, 5.74) is 2.54. The van der Waals surface area contributed by atoms with Crippen LogP contribution in [-0.4, -0.2) is 40.7 Å². The summed E-state index contributed by atoms with van der Waals surface area (Å²) in [4.78, 5) is 27.7.